The van der Waals surface area contributed by atoms with Crippen LogP contribution in [0.15, 0.2) is 29.6 Å². The van der Waals surface area contributed by atoms with Crippen LogP contribution in [0, 0.1) is 11.5 Å². The first kappa shape index (κ1) is 11.1. The van der Waals surface area contributed by atoms with E-state index in [1.54, 1.807) is 23.3 Å². The Morgan fingerprint density at radius 2 is 2.22 bits per heavy atom. The second kappa shape index (κ2) is 4.00. The lowest BCUT2D eigenvalue weighted by Gasteiger charge is -2.16. The van der Waals surface area contributed by atoms with E-state index in [-0.39, 0.29) is 12.1 Å². The predicted molar refractivity (Wildman–Crippen MR) is 70.0 cm³/mol. The van der Waals surface area contributed by atoms with E-state index >= 15 is 0 Å². The molecule has 2 aromatic rings. The normalized spacial score (nSPS) is 19.6. The first-order valence-electron chi connectivity index (χ1n) is 5.62. The maximum Gasteiger partial charge on any atom is 0.333 e. The van der Waals surface area contributed by atoms with Gasteiger partial charge in [0, 0.05) is 11.7 Å². The van der Waals surface area contributed by atoms with E-state index in [0.29, 0.717) is 6.54 Å². The van der Waals surface area contributed by atoms with Crippen LogP contribution in [0.3, 0.4) is 0 Å². The topological polar surface area (TPSA) is 47.3 Å². The number of nitriles is 1. The highest BCUT2D eigenvalue weighted by molar-refractivity contribution is 7.17. The van der Waals surface area contributed by atoms with Gasteiger partial charge in [-0.2, -0.15) is 5.26 Å². The van der Waals surface area contributed by atoms with Crippen molar-refractivity contribution in [2.75, 3.05) is 13.6 Å². The Balaban J connectivity index is 2.06. The highest BCUT2D eigenvalue weighted by atomic mass is 32.1. The Hall–Kier alpha value is -2.06. The molecule has 4 nitrogen and oxygen atoms in total. The molecule has 90 valence electrons. The SMILES string of the molecule is CN1C(=O)N(C#N)CC1c1csc2ccccc12. The van der Waals surface area contributed by atoms with E-state index in [9.17, 15) is 4.79 Å². The van der Waals surface area contributed by atoms with Crippen molar-refractivity contribution in [2.45, 2.75) is 6.04 Å². The monoisotopic (exact) mass is 257 g/mol. The predicted octanol–water partition coefficient (Wildman–Crippen LogP) is 2.79. The van der Waals surface area contributed by atoms with Crippen molar-refractivity contribution in [2.24, 2.45) is 0 Å². The van der Waals surface area contributed by atoms with E-state index in [0.717, 1.165) is 5.56 Å². The van der Waals surface area contributed by atoms with Crippen LogP contribution in [0.5, 0.6) is 0 Å². The van der Waals surface area contributed by atoms with Gasteiger partial charge in [-0.25, -0.2) is 9.69 Å². The van der Waals surface area contributed by atoms with Gasteiger partial charge in [-0.3, -0.25) is 0 Å². The van der Waals surface area contributed by atoms with Gasteiger partial charge >= 0.3 is 6.03 Å². The molecule has 2 heterocycles. The Kier molecular flexibility index (Phi) is 2.46. The quantitative estimate of drug-likeness (QED) is 0.737. The summed E-state index contributed by atoms with van der Waals surface area (Å²) in [6, 6.07) is 7.88. The molecule has 1 aliphatic rings. The highest BCUT2D eigenvalue weighted by Crippen LogP contribution is 2.35. The molecule has 0 saturated carbocycles. The van der Waals surface area contributed by atoms with E-state index in [2.05, 4.69) is 17.5 Å². The molecule has 1 atom stereocenters. The van der Waals surface area contributed by atoms with Crippen molar-refractivity contribution in [3.05, 3.63) is 35.2 Å². The van der Waals surface area contributed by atoms with Gasteiger partial charge in [-0.1, -0.05) is 18.2 Å². The standard InChI is InChI=1S/C13H11N3OS/c1-15-11(6-16(8-14)13(15)17)10-7-18-12-5-3-2-4-9(10)12/h2-5,7,11H,6H2,1H3. The molecule has 3 rings (SSSR count). The fourth-order valence-electron chi connectivity index (χ4n) is 2.34. The average Bonchev–Trinajstić information content (AvgIpc) is 2.93. The number of amides is 2. The first-order valence-corrected chi connectivity index (χ1v) is 6.50. The molecule has 1 unspecified atom stereocenters. The summed E-state index contributed by atoms with van der Waals surface area (Å²) in [7, 11) is 1.75. The summed E-state index contributed by atoms with van der Waals surface area (Å²) in [4.78, 5) is 14.7. The zero-order valence-electron chi connectivity index (χ0n) is 9.83. The van der Waals surface area contributed by atoms with Crippen molar-refractivity contribution < 1.29 is 4.79 Å². The molecule has 1 aliphatic heterocycles. The fraction of sp³-hybridized carbons (Fsp3) is 0.231. The van der Waals surface area contributed by atoms with Crippen LogP contribution in [-0.4, -0.2) is 29.4 Å². The third-order valence-corrected chi connectivity index (χ3v) is 4.33. The van der Waals surface area contributed by atoms with Gasteiger partial charge in [0.15, 0.2) is 6.19 Å². The van der Waals surface area contributed by atoms with Crippen LogP contribution in [0.1, 0.15) is 11.6 Å². The molecule has 5 heteroatoms. The number of hydrogen-bond acceptors (Lipinski definition) is 3. The van der Waals surface area contributed by atoms with Crippen LogP contribution >= 0.6 is 11.3 Å². The molecule has 2 amide bonds. The maximum absolute atomic E-state index is 11.8. The maximum atomic E-state index is 11.8. The minimum atomic E-state index is -0.224. The molecule has 0 spiro atoms. The van der Waals surface area contributed by atoms with Crippen LogP contribution < -0.4 is 0 Å². The molecule has 0 N–H and O–H groups in total. The Bertz CT molecular complexity index is 658. The van der Waals surface area contributed by atoms with Crippen LogP contribution in [-0.2, 0) is 0 Å². The summed E-state index contributed by atoms with van der Waals surface area (Å²) in [6.45, 7) is 0.437. The number of carbonyl (C=O) groups is 1. The zero-order valence-corrected chi connectivity index (χ0v) is 10.6. The molecule has 1 aromatic heterocycles. The Labute approximate surface area is 109 Å². The minimum Gasteiger partial charge on any atom is -0.318 e. The number of nitrogens with zero attached hydrogens (tertiary/aromatic N) is 3. The summed E-state index contributed by atoms with van der Waals surface area (Å²) < 4.78 is 1.21. The number of thiophene rings is 1. The third kappa shape index (κ3) is 1.46. The lowest BCUT2D eigenvalue weighted by molar-refractivity contribution is 0.206. The number of hydrogen-bond donors (Lipinski definition) is 0. The summed E-state index contributed by atoms with van der Waals surface area (Å²) >= 11 is 1.67. The zero-order chi connectivity index (χ0) is 12.7. The molecule has 1 saturated heterocycles. The molecule has 0 bridgehead atoms. The summed E-state index contributed by atoms with van der Waals surface area (Å²) in [6.07, 6.45) is 1.93. The largest absolute Gasteiger partial charge is 0.333 e. The van der Waals surface area contributed by atoms with E-state index in [1.807, 2.05) is 18.3 Å². The first-order chi connectivity index (χ1) is 8.72. The van der Waals surface area contributed by atoms with Gasteiger partial charge < -0.3 is 4.90 Å². The van der Waals surface area contributed by atoms with Crippen molar-refractivity contribution in [3.63, 3.8) is 0 Å². The molecule has 0 aliphatic carbocycles. The van der Waals surface area contributed by atoms with Gasteiger partial charge in [-0.15, -0.1) is 11.3 Å². The minimum absolute atomic E-state index is 0.0340. The van der Waals surface area contributed by atoms with Crippen molar-refractivity contribution in [1.29, 1.82) is 5.26 Å². The second-order valence-corrected chi connectivity index (χ2v) is 5.22. The van der Waals surface area contributed by atoms with E-state index < -0.39 is 0 Å². The molecule has 18 heavy (non-hydrogen) atoms. The van der Waals surface area contributed by atoms with Gasteiger partial charge in [0.05, 0.1) is 12.6 Å². The van der Waals surface area contributed by atoms with Gasteiger partial charge in [0.2, 0.25) is 0 Å². The van der Waals surface area contributed by atoms with Crippen LogP contribution in [0.25, 0.3) is 10.1 Å². The second-order valence-electron chi connectivity index (χ2n) is 4.31. The molecular weight excluding hydrogens is 246 g/mol. The Morgan fingerprint density at radius 3 is 2.94 bits per heavy atom. The van der Waals surface area contributed by atoms with Crippen molar-refractivity contribution in [3.8, 4) is 6.19 Å². The third-order valence-electron chi connectivity index (χ3n) is 3.35. The van der Waals surface area contributed by atoms with Gasteiger partial charge in [0.1, 0.15) is 0 Å². The number of rotatable bonds is 1. The van der Waals surface area contributed by atoms with E-state index in [4.69, 9.17) is 5.26 Å². The summed E-state index contributed by atoms with van der Waals surface area (Å²) in [5, 5.41) is 12.2. The van der Waals surface area contributed by atoms with Gasteiger partial charge in [-0.05, 0) is 22.4 Å². The molecule has 1 fully saturated rings. The van der Waals surface area contributed by atoms with Crippen molar-refractivity contribution in [1.82, 2.24) is 9.80 Å². The fourth-order valence-corrected chi connectivity index (χ4v) is 3.35. The Morgan fingerprint density at radius 1 is 1.44 bits per heavy atom. The van der Waals surface area contributed by atoms with Crippen molar-refractivity contribution >= 4 is 27.5 Å². The highest BCUT2D eigenvalue weighted by Gasteiger charge is 2.36. The number of likely N-dealkylation sites (N-methyl/N-ethyl adjacent to an activating group) is 1. The molecule has 0 radical (unpaired) electrons. The number of urea groups is 1. The molecule has 1 aromatic carbocycles. The smallest absolute Gasteiger partial charge is 0.318 e. The number of fused-ring (bicyclic) bond motifs is 1. The summed E-state index contributed by atoms with van der Waals surface area (Å²) in [5.41, 5.74) is 1.13. The van der Waals surface area contributed by atoms with E-state index in [1.165, 1.54) is 15.0 Å². The summed E-state index contributed by atoms with van der Waals surface area (Å²) in [5.74, 6) is 0. The average molecular weight is 257 g/mol. The number of carbonyl (C=O) groups excluding carboxylic acids is 1. The van der Waals surface area contributed by atoms with Crippen LogP contribution in [0.4, 0.5) is 4.79 Å². The number of benzene rings is 1. The molecular formula is C13H11N3OS. The van der Waals surface area contributed by atoms with Gasteiger partial charge in [0.25, 0.3) is 0 Å². The van der Waals surface area contributed by atoms with Crippen LogP contribution in [0.2, 0.25) is 0 Å². The lowest BCUT2D eigenvalue weighted by Crippen LogP contribution is -2.26. The lowest BCUT2D eigenvalue weighted by atomic mass is 10.1.